The Kier molecular flexibility index (Phi) is 5.01. The van der Waals surface area contributed by atoms with Gasteiger partial charge in [-0.3, -0.25) is 9.59 Å². The van der Waals surface area contributed by atoms with Crippen molar-refractivity contribution in [2.75, 3.05) is 18.4 Å². The summed E-state index contributed by atoms with van der Waals surface area (Å²) < 4.78 is 1.51. The average Bonchev–Trinajstić information content (AvgIpc) is 3.15. The summed E-state index contributed by atoms with van der Waals surface area (Å²) in [5.74, 6) is 0.251. The maximum atomic E-state index is 12.8. The zero-order valence-electron chi connectivity index (χ0n) is 15.3. The zero-order chi connectivity index (χ0) is 18.7. The van der Waals surface area contributed by atoms with Crippen molar-refractivity contribution in [3.8, 4) is 5.82 Å². The second-order valence-corrected chi connectivity index (χ2v) is 7.54. The minimum Gasteiger partial charge on any atom is -0.341 e. The SMILES string of the molecule is CC(C)(C)C(=O)N1CCCC(C(=O)Nc2cccnc2-n2cncn2)C1. The molecule has 26 heavy (non-hydrogen) atoms. The highest BCUT2D eigenvalue weighted by Crippen LogP contribution is 2.25. The molecular formula is C18H24N6O2. The summed E-state index contributed by atoms with van der Waals surface area (Å²) in [6.45, 7) is 6.86. The maximum Gasteiger partial charge on any atom is 0.229 e. The van der Waals surface area contributed by atoms with E-state index in [9.17, 15) is 9.59 Å². The molecular weight excluding hydrogens is 332 g/mol. The molecule has 1 atom stereocenters. The first-order chi connectivity index (χ1) is 12.4. The number of amides is 2. The van der Waals surface area contributed by atoms with Crippen LogP contribution in [0.1, 0.15) is 33.6 Å². The number of hydrogen-bond acceptors (Lipinski definition) is 5. The second kappa shape index (κ2) is 7.23. The number of hydrogen-bond donors (Lipinski definition) is 1. The minimum atomic E-state index is -0.442. The molecule has 1 saturated heterocycles. The molecule has 1 aliphatic heterocycles. The van der Waals surface area contributed by atoms with E-state index in [1.54, 1.807) is 23.2 Å². The quantitative estimate of drug-likeness (QED) is 0.906. The van der Waals surface area contributed by atoms with Crippen LogP contribution in [0.2, 0.25) is 0 Å². The van der Waals surface area contributed by atoms with Gasteiger partial charge in [-0.05, 0) is 25.0 Å². The van der Waals surface area contributed by atoms with Gasteiger partial charge in [0.1, 0.15) is 12.7 Å². The van der Waals surface area contributed by atoms with Gasteiger partial charge in [-0.25, -0.2) is 14.6 Å². The number of aromatic nitrogens is 4. The van der Waals surface area contributed by atoms with Crippen LogP contribution >= 0.6 is 0 Å². The summed E-state index contributed by atoms with van der Waals surface area (Å²) in [5, 5.41) is 7.01. The molecule has 1 N–H and O–H groups in total. The lowest BCUT2D eigenvalue weighted by atomic mass is 9.91. The lowest BCUT2D eigenvalue weighted by Crippen LogP contribution is -2.47. The van der Waals surface area contributed by atoms with Crippen LogP contribution in [-0.2, 0) is 9.59 Å². The number of nitrogens with zero attached hydrogens (tertiary/aromatic N) is 5. The van der Waals surface area contributed by atoms with Crippen molar-refractivity contribution in [1.29, 1.82) is 0 Å². The van der Waals surface area contributed by atoms with E-state index in [1.807, 2.05) is 20.8 Å². The molecule has 3 rings (SSSR count). The minimum absolute atomic E-state index is 0.0830. The lowest BCUT2D eigenvalue weighted by Gasteiger charge is -2.35. The summed E-state index contributed by atoms with van der Waals surface area (Å²) >= 11 is 0. The van der Waals surface area contributed by atoms with Gasteiger partial charge in [-0.2, -0.15) is 5.10 Å². The van der Waals surface area contributed by atoms with E-state index < -0.39 is 5.41 Å². The molecule has 8 nitrogen and oxygen atoms in total. The topological polar surface area (TPSA) is 93.0 Å². The number of carbonyl (C=O) groups excluding carboxylic acids is 2. The third kappa shape index (κ3) is 3.89. The molecule has 1 unspecified atom stereocenters. The smallest absolute Gasteiger partial charge is 0.229 e. The number of likely N-dealkylation sites (tertiary alicyclic amines) is 1. The van der Waals surface area contributed by atoms with Gasteiger partial charge >= 0.3 is 0 Å². The van der Waals surface area contributed by atoms with Crippen LogP contribution in [0.15, 0.2) is 31.0 Å². The van der Waals surface area contributed by atoms with Crippen LogP contribution in [0.3, 0.4) is 0 Å². The predicted octanol–water partition coefficient (Wildman–Crippen LogP) is 1.89. The molecule has 2 aromatic rings. The molecule has 0 saturated carbocycles. The van der Waals surface area contributed by atoms with Crippen LogP contribution in [0.4, 0.5) is 5.69 Å². The van der Waals surface area contributed by atoms with Crippen LogP contribution in [0, 0.1) is 11.3 Å². The number of nitrogens with one attached hydrogen (secondary N) is 1. The lowest BCUT2D eigenvalue weighted by molar-refractivity contribution is -0.142. The highest BCUT2D eigenvalue weighted by Gasteiger charge is 2.33. The van der Waals surface area contributed by atoms with Gasteiger partial charge < -0.3 is 10.2 Å². The van der Waals surface area contributed by atoms with Crippen molar-refractivity contribution < 1.29 is 9.59 Å². The molecule has 3 heterocycles. The van der Waals surface area contributed by atoms with Crippen molar-refractivity contribution in [2.45, 2.75) is 33.6 Å². The molecule has 0 spiro atoms. The fourth-order valence-electron chi connectivity index (χ4n) is 3.08. The molecule has 2 aromatic heterocycles. The van der Waals surface area contributed by atoms with E-state index in [1.165, 1.54) is 17.3 Å². The molecule has 0 radical (unpaired) electrons. The van der Waals surface area contributed by atoms with Crippen LogP contribution in [0.25, 0.3) is 5.82 Å². The van der Waals surface area contributed by atoms with E-state index in [4.69, 9.17) is 0 Å². The van der Waals surface area contributed by atoms with E-state index in [-0.39, 0.29) is 17.7 Å². The van der Waals surface area contributed by atoms with E-state index >= 15 is 0 Å². The number of anilines is 1. The van der Waals surface area contributed by atoms with Gasteiger partial charge in [0.2, 0.25) is 11.8 Å². The molecule has 1 aliphatic rings. The number of rotatable bonds is 3. The Labute approximate surface area is 152 Å². The number of carbonyl (C=O) groups is 2. The third-order valence-corrected chi connectivity index (χ3v) is 4.40. The Bertz CT molecular complexity index is 781. The molecule has 0 bridgehead atoms. The molecule has 0 aliphatic carbocycles. The normalized spacial score (nSPS) is 17.8. The van der Waals surface area contributed by atoms with Gasteiger partial charge in [0, 0.05) is 24.7 Å². The maximum absolute atomic E-state index is 12.8. The Hall–Kier alpha value is -2.77. The predicted molar refractivity (Wildman–Crippen MR) is 96.5 cm³/mol. The largest absolute Gasteiger partial charge is 0.341 e. The fraction of sp³-hybridized carbons (Fsp3) is 0.500. The standard InChI is InChI=1S/C18H24N6O2/c1-18(2,3)17(26)23-9-5-6-13(10-23)16(25)22-14-7-4-8-20-15(14)24-12-19-11-21-24/h4,7-8,11-13H,5-6,9-10H2,1-3H3,(H,22,25). The summed E-state index contributed by atoms with van der Waals surface area (Å²) in [4.78, 5) is 35.3. The van der Waals surface area contributed by atoms with Gasteiger partial charge in [0.05, 0.1) is 11.6 Å². The number of piperidine rings is 1. The average molecular weight is 356 g/mol. The summed E-state index contributed by atoms with van der Waals surface area (Å²) in [5.41, 5.74) is 0.129. The van der Waals surface area contributed by atoms with Crippen LogP contribution < -0.4 is 5.32 Å². The second-order valence-electron chi connectivity index (χ2n) is 7.54. The molecule has 1 fully saturated rings. The van der Waals surface area contributed by atoms with Crippen molar-refractivity contribution in [3.63, 3.8) is 0 Å². The van der Waals surface area contributed by atoms with Crippen molar-refractivity contribution in [3.05, 3.63) is 31.0 Å². The molecule has 2 amide bonds. The first-order valence-corrected chi connectivity index (χ1v) is 8.76. The fourth-order valence-corrected chi connectivity index (χ4v) is 3.08. The summed E-state index contributed by atoms with van der Waals surface area (Å²) in [6, 6.07) is 3.54. The van der Waals surface area contributed by atoms with Gasteiger partial charge in [0.25, 0.3) is 0 Å². The zero-order valence-corrected chi connectivity index (χ0v) is 15.3. The van der Waals surface area contributed by atoms with Crippen LogP contribution in [0.5, 0.6) is 0 Å². The first-order valence-electron chi connectivity index (χ1n) is 8.76. The first kappa shape index (κ1) is 18.0. The van der Waals surface area contributed by atoms with E-state index in [2.05, 4.69) is 20.4 Å². The Morgan fingerprint density at radius 1 is 1.31 bits per heavy atom. The van der Waals surface area contributed by atoms with Crippen molar-refractivity contribution >= 4 is 17.5 Å². The highest BCUT2D eigenvalue weighted by molar-refractivity contribution is 5.94. The monoisotopic (exact) mass is 356 g/mol. The van der Waals surface area contributed by atoms with Crippen molar-refractivity contribution in [2.24, 2.45) is 11.3 Å². The molecule has 8 heteroatoms. The van der Waals surface area contributed by atoms with Gasteiger partial charge in [-0.1, -0.05) is 20.8 Å². The highest BCUT2D eigenvalue weighted by atomic mass is 16.2. The Balaban J connectivity index is 1.72. The molecule has 0 aromatic carbocycles. The van der Waals surface area contributed by atoms with E-state index in [0.29, 0.717) is 24.6 Å². The van der Waals surface area contributed by atoms with E-state index in [0.717, 1.165) is 12.8 Å². The number of pyridine rings is 1. The third-order valence-electron chi connectivity index (χ3n) is 4.40. The summed E-state index contributed by atoms with van der Waals surface area (Å²) in [7, 11) is 0. The Morgan fingerprint density at radius 3 is 2.81 bits per heavy atom. The van der Waals surface area contributed by atoms with Crippen LogP contribution in [-0.4, -0.2) is 49.6 Å². The summed E-state index contributed by atoms with van der Waals surface area (Å²) in [6.07, 6.45) is 6.16. The Morgan fingerprint density at radius 2 is 2.12 bits per heavy atom. The van der Waals surface area contributed by atoms with Gasteiger partial charge in [0.15, 0.2) is 5.82 Å². The van der Waals surface area contributed by atoms with Gasteiger partial charge in [-0.15, -0.1) is 0 Å². The van der Waals surface area contributed by atoms with Crippen molar-refractivity contribution in [1.82, 2.24) is 24.6 Å². The molecule has 138 valence electrons.